The number of rotatable bonds is 1. The molecule has 3 nitrogen and oxygen atoms in total. The Kier molecular flexibility index (Phi) is 2.76. The molecular formula is C8H10INO2. The number of nitrogens with zero attached hydrogens (tertiary/aromatic N) is 1. The molecule has 1 heterocycles. The zero-order valence-corrected chi connectivity index (χ0v) is 9.12. The Balaban J connectivity index is 3.52. The molecule has 0 saturated heterocycles. The van der Waals surface area contributed by atoms with Crippen molar-refractivity contribution in [2.75, 3.05) is 0 Å². The number of aryl methyl sites for hydroxylation is 1. The fourth-order valence-corrected chi connectivity index (χ4v) is 1.57. The van der Waals surface area contributed by atoms with E-state index in [4.69, 9.17) is 0 Å². The van der Waals surface area contributed by atoms with E-state index in [1.807, 2.05) is 29.5 Å². The van der Waals surface area contributed by atoms with Gasteiger partial charge in [-0.1, -0.05) is 0 Å². The van der Waals surface area contributed by atoms with Gasteiger partial charge in [0.15, 0.2) is 0 Å². The number of halogens is 1. The highest BCUT2D eigenvalue weighted by Crippen LogP contribution is 2.15. The second-order valence-electron chi connectivity index (χ2n) is 2.53. The average molecular weight is 279 g/mol. The first-order valence-electron chi connectivity index (χ1n) is 3.66. The van der Waals surface area contributed by atoms with Crippen molar-refractivity contribution in [3.8, 4) is 5.75 Å². The predicted octanol–water partition coefficient (Wildman–Crippen LogP) is 1.49. The van der Waals surface area contributed by atoms with Gasteiger partial charge in [0.1, 0.15) is 9.32 Å². The molecule has 66 valence electrons. The standard InChI is InChI=1S/C8H10INO2/c1-3-10-5(2)4-6(11)7(9)8(10)12/h4,11H,3H2,1-2H3. The maximum Gasteiger partial charge on any atom is 0.267 e. The first-order chi connectivity index (χ1) is 5.57. The van der Waals surface area contributed by atoms with Crippen LogP contribution in [0.15, 0.2) is 10.9 Å². The van der Waals surface area contributed by atoms with E-state index in [-0.39, 0.29) is 11.3 Å². The molecular weight excluding hydrogens is 269 g/mol. The van der Waals surface area contributed by atoms with E-state index in [1.54, 1.807) is 17.6 Å². The first-order valence-corrected chi connectivity index (χ1v) is 4.74. The molecule has 1 aromatic heterocycles. The largest absolute Gasteiger partial charge is 0.507 e. The number of aromatic nitrogens is 1. The van der Waals surface area contributed by atoms with E-state index in [2.05, 4.69) is 0 Å². The van der Waals surface area contributed by atoms with E-state index in [0.29, 0.717) is 10.1 Å². The molecule has 1 aromatic rings. The van der Waals surface area contributed by atoms with Gasteiger partial charge in [0, 0.05) is 18.3 Å². The van der Waals surface area contributed by atoms with Crippen LogP contribution in [0.1, 0.15) is 12.6 Å². The van der Waals surface area contributed by atoms with Crippen LogP contribution in [0.3, 0.4) is 0 Å². The van der Waals surface area contributed by atoms with Gasteiger partial charge in [-0.2, -0.15) is 0 Å². The molecule has 12 heavy (non-hydrogen) atoms. The molecule has 0 radical (unpaired) electrons. The lowest BCUT2D eigenvalue weighted by molar-refractivity contribution is 0.465. The van der Waals surface area contributed by atoms with Crippen molar-refractivity contribution in [2.45, 2.75) is 20.4 Å². The van der Waals surface area contributed by atoms with Crippen LogP contribution in [-0.2, 0) is 6.54 Å². The summed E-state index contributed by atoms with van der Waals surface area (Å²) in [5.74, 6) is 0.0720. The number of pyridine rings is 1. The van der Waals surface area contributed by atoms with E-state index < -0.39 is 0 Å². The van der Waals surface area contributed by atoms with Crippen LogP contribution in [0.25, 0.3) is 0 Å². The van der Waals surface area contributed by atoms with Crippen molar-refractivity contribution in [2.24, 2.45) is 0 Å². The second kappa shape index (κ2) is 3.47. The molecule has 0 atom stereocenters. The third-order valence-corrected chi connectivity index (χ3v) is 2.76. The van der Waals surface area contributed by atoms with Gasteiger partial charge in [0.2, 0.25) is 0 Å². The van der Waals surface area contributed by atoms with Crippen LogP contribution >= 0.6 is 22.6 Å². The fourth-order valence-electron chi connectivity index (χ4n) is 1.12. The van der Waals surface area contributed by atoms with Crippen LogP contribution in [-0.4, -0.2) is 9.67 Å². The van der Waals surface area contributed by atoms with Crippen LogP contribution in [0.5, 0.6) is 5.75 Å². The summed E-state index contributed by atoms with van der Waals surface area (Å²) < 4.78 is 2.02. The van der Waals surface area contributed by atoms with Gasteiger partial charge in [0.25, 0.3) is 5.56 Å². The molecule has 1 N–H and O–H groups in total. The van der Waals surface area contributed by atoms with E-state index in [9.17, 15) is 9.90 Å². The van der Waals surface area contributed by atoms with Crippen molar-refractivity contribution in [3.05, 3.63) is 25.7 Å². The lowest BCUT2D eigenvalue weighted by Crippen LogP contribution is -2.23. The van der Waals surface area contributed by atoms with Gasteiger partial charge in [0.05, 0.1) is 0 Å². The van der Waals surface area contributed by atoms with Crippen LogP contribution in [0, 0.1) is 10.5 Å². The Morgan fingerprint density at radius 2 is 2.25 bits per heavy atom. The molecule has 0 unspecified atom stereocenters. The highest BCUT2D eigenvalue weighted by Gasteiger charge is 2.07. The third-order valence-electron chi connectivity index (χ3n) is 1.75. The van der Waals surface area contributed by atoms with Crippen molar-refractivity contribution >= 4 is 22.6 Å². The summed E-state index contributed by atoms with van der Waals surface area (Å²) in [5.41, 5.74) is 0.677. The fraction of sp³-hybridized carbons (Fsp3) is 0.375. The van der Waals surface area contributed by atoms with E-state index in [1.165, 1.54) is 0 Å². The SMILES string of the molecule is CCn1c(C)cc(O)c(I)c1=O. The summed E-state index contributed by atoms with van der Waals surface area (Å²) in [6, 6.07) is 1.60. The Morgan fingerprint density at radius 1 is 1.67 bits per heavy atom. The molecule has 0 aliphatic heterocycles. The summed E-state index contributed by atoms with van der Waals surface area (Å²) in [6.45, 7) is 4.35. The minimum atomic E-state index is -0.115. The Bertz CT molecular complexity index is 357. The summed E-state index contributed by atoms with van der Waals surface area (Å²) in [5, 5.41) is 9.28. The predicted molar refractivity (Wildman–Crippen MR) is 55.5 cm³/mol. The van der Waals surface area contributed by atoms with Crippen LogP contribution < -0.4 is 5.56 Å². The molecule has 0 aliphatic rings. The summed E-state index contributed by atoms with van der Waals surface area (Å²) in [7, 11) is 0. The molecule has 0 bridgehead atoms. The lowest BCUT2D eigenvalue weighted by Gasteiger charge is -2.07. The molecule has 0 saturated carbocycles. The van der Waals surface area contributed by atoms with E-state index >= 15 is 0 Å². The maximum absolute atomic E-state index is 11.4. The summed E-state index contributed by atoms with van der Waals surface area (Å²) in [6.07, 6.45) is 0. The highest BCUT2D eigenvalue weighted by molar-refractivity contribution is 14.1. The molecule has 0 aliphatic carbocycles. The average Bonchev–Trinajstić information content (AvgIpc) is 2.01. The van der Waals surface area contributed by atoms with Crippen molar-refractivity contribution in [1.82, 2.24) is 4.57 Å². The Morgan fingerprint density at radius 3 is 2.75 bits per heavy atom. The normalized spacial score (nSPS) is 10.2. The maximum atomic E-state index is 11.4. The topological polar surface area (TPSA) is 42.2 Å². The quantitative estimate of drug-likeness (QED) is 0.791. The highest BCUT2D eigenvalue weighted by atomic mass is 127. The van der Waals surface area contributed by atoms with Crippen molar-refractivity contribution in [3.63, 3.8) is 0 Å². The first kappa shape index (κ1) is 9.57. The Hall–Kier alpha value is -0.520. The van der Waals surface area contributed by atoms with Gasteiger partial charge >= 0.3 is 0 Å². The smallest absolute Gasteiger partial charge is 0.267 e. The zero-order valence-electron chi connectivity index (χ0n) is 6.97. The van der Waals surface area contributed by atoms with Crippen LogP contribution in [0.4, 0.5) is 0 Å². The van der Waals surface area contributed by atoms with Gasteiger partial charge in [-0.15, -0.1) is 0 Å². The molecule has 0 spiro atoms. The van der Waals surface area contributed by atoms with Gasteiger partial charge in [-0.3, -0.25) is 4.79 Å². The van der Waals surface area contributed by atoms with Gasteiger partial charge in [-0.25, -0.2) is 0 Å². The van der Waals surface area contributed by atoms with Crippen molar-refractivity contribution < 1.29 is 5.11 Å². The minimum absolute atomic E-state index is 0.0720. The molecule has 4 heteroatoms. The second-order valence-corrected chi connectivity index (χ2v) is 3.61. The summed E-state index contributed by atoms with van der Waals surface area (Å²) >= 11 is 1.85. The number of hydrogen-bond donors (Lipinski definition) is 1. The van der Waals surface area contributed by atoms with Gasteiger partial charge in [-0.05, 0) is 36.4 Å². The Labute approximate surface area is 84.2 Å². The monoisotopic (exact) mass is 279 g/mol. The van der Waals surface area contributed by atoms with Crippen LogP contribution in [0.2, 0.25) is 0 Å². The summed E-state index contributed by atoms with van der Waals surface area (Å²) in [4.78, 5) is 11.4. The minimum Gasteiger partial charge on any atom is -0.507 e. The molecule has 0 amide bonds. The number of hydrogen-bond acceptors (Lipinski definition) is 2. The lowest BCUT2D eigenvalue weighted by atomic mass is 10.3. The zero-order chi connectivity index (χ0) is 9.30. The van der Waals surface area contributed by atoms with E-state index in [0.717, 1.165) is 5.69 Å². The molecule has 1 rings (SSSR count). The molecule has 0 aromatic carbocycles. The van der Waals surface area contributed by atoms with Crippen molar-refractivity contribution in [1.29, 1.82) is 0 Å². The third kappa shape index (κ3) is 1.48. The molecule has 0 fully saturated rings. The van der Waals surface area contributed by atoms with Gasteiger partial charge < -0.3 is 9.67 Å². The number of aromatic hydroxyl groups is 1.